The predicted octanol–water partition coefficient (Wildman–Crippen LogP) is 3.65. The predicted molar refractivity (Wildman–Crippen MR) is 67.5 cm³/mol. The summed E-state index contributed by atoms with van der Waals surface area (Å²) < 4.78 is 2.04. The zero-order valence-electron chi connectivity index (χ0n) is 10.8. The molecule has 1 atom stereocenters. The van der Waals surface area contributed by atoms with Crippen molar-refractivity contribution in [2.24, 2.45) is 5.92 Å². The van der Waals surface area contributed by atoms with Gasteiger partial charge in [0.1, 0.15) is 0 Å². The number of hydrogen-bond acceptors (Lipinski definition) is 2. The highest BCUT2D eigenvalue weighted by atomic mass is 15.3. The van der Waals surface area contributed by atoms with Gasteiger partial charge < -0.3 is 0 Å². The second-order valence-corrected chi connectivity index (χ2v) is 5.38. The number of aromatic nitrogens is 2. The largest absolute Gasteiger partial charge is 0.268 e. The van der Waals surface area contributed by atoms with Gasteiger partial charge in [0.15, 0.2) is 0 Å². The topological polar surface area (TPSA) is 41.6 Å². The van der Waals surface area contributed by atoms with Crippen molar-refractivity contribution in [2.45, 2.75) is 57.9 Å². The molecule has 17 heavy (non-hydrogen) atoms. The summed E-state index contributed by atoms with van der Waals surface area (Å²) in [5.74, 6) is 1.16. The third kappa shape index (κ3) is 2.69. The van der Waals surface area contributed by atoms with E-state index in [0.717, 1.165) is 0 Å². The minimum Gasteiger partial charge on any atom is -0.268 e. The van der Waals surface area contributed by atoms with E-state index >= 15 is 0 Å². The van der Waals surface area contributed by atoms with Crippen molar-refractivity contribution in [3.8, 4) is 6.07 Å². The van der Waals surface area contributed by atoms with E-state index in [1.807, 2.05) is 10.9 Å². The average molecular weight is 231 g/mol. The monoisotopic (exact) mass is 231 g/mol. The molecule has 0 spiro atoms. The molecule has 3 nitrogen and oxygen atoms in total. The van der Waals surface area contributed by atoms with Crippen LogP contribution in [0.3, 0.4) is 0 Å². The van der Waals surface area contributed by atoms with E-state index in [9.17, 15) is 0 Å². The first-order valence-corrected chi connectivity index (χ1v) is 6.63. The van der Waals surface area contributed by atoms with Crippen molar-refractivity contribution >= 4 is 0 Å². The highest BCUT2D eigenvalue weighted by Crippen LogP contribution is 2.36. The second-order valence-electron chi connectivity index (χ2n) is 5.38. The Balaban J connectivity index is 2.16. The molecular formula is C14H21N3. The molecule has 92 valence electrons. The summed E-state index contributed by atoms with van der Waals surface area (Å²) in [4.78, 5) is 0. The summed E-state index contributed by atoms with van der Waals surface area (Å²) in [6, 6.07) is 2.61. The van der Waals surface area contributed by atoms with Crippen LogP contribution in [0.2, 0.25) is 0 Å². The molecule has 0 N–H and O–H groups in total. The average Bonchev–Trinajstić information content (AvgIpc) is 2.97. The Labute approximate surface area is 103 Å². The van der Waals surface area contributed by atoms with Crippen molar-refractivity contribution in [3.05, 3.63) is 18.0 Å². The summed E-state index contributed by atoms with van der Waals surface area (Å²) in [5.41, 5.74) is 1.27. The smallest absolute Gasteiger partial charge is 0.0677 e. The Morgan fingerprint density at radius 2 is 2.18 bits per heavy atom. The van der Waals surface area contributed by atoms with E-state index in [2.05, 4.69) is 31.2 Å². The zero-order valence-corrected chi connectivity index (χ0v) is 10.8. The molecule has 2 rings (SSSR count). The van der Waals surface area contributed by atoms with Crippen LogP contribution < -0.4 is 0 Å². The molecule has 1 aliphatic carbocycles. The summed E-state index contributed by atoms with van der Waals surface area (Å²) in [6.45, 7) is 4.35. The number of nitrogens with zero attached hydrogens (tertiary/aromatic N) is 3. The van der Waals surface area contributed by atoms with E-state index in [-0.39, 0.29) is 6.04 Å². The van der Waals surface area contributed by atoms with Gasteiger partial charge in [-0.1, -0.05) is 26.7 Å². The standard InChI is InChI=1S/C14H21N3/c1-11(2)13-9-16-17(10-13)14(7-8-15)12-5-3-4-6-12/h9-12,14H,3-7H2,1-2H3/t14-/m0/s1. The maximum atomic E-state index is 8.98. The van der Waals surface area contributed by atoms with Crippen LogP contribution in [0.5, 0.6) is 0 Å². The van der Waals surface area contributed by atoms with E-state index in [1.165, 1.54) is 31.2 Å². The highest BCUT2D eigenvalue weighted by molar-refractivity contribution is 5.09. The molecule has 1 fully saturated rings. The fourth-order valence-corrected chi connectivity index (χ4v) is 2.74. The first-order valence-electron chi connectivity index (χ1n) is 6.63. The van der Waals surface area contributed by atoms with Crippen LogP contribution in [0.1, 0.15) is 63.5 Å². The molecule has 1 heterocycles. The molecule has 0 saturated heterocycles. The van der Waals surface area contributed by atoms with Gasteiger partial charge in [0.25, 0.3) is 0 Å². The maximum absolute atomic E-state index is 8.98. The van der Waals surface area contributed by atoms with Gasteiger partial charge in [-0.25, -0.2) is 0 Å². The van der Waals surface area contributed by atoms with Crippen molar-refractivity contribution in [3.63, 3.8) is 0 Å². The van der Waals surface area contributed by atoms with Crippen LogP contribution in [-0.2, 0) is 0 Å². The Bertz CT molecular complexity index is 394. The normalized spacial score (nSPS) is 18.5. The summed E-state index contributed by atoms with van der Waals surface area (Å²) in [6.07, 6.45) is 9.79. The van der Waals surface area contributed by atoms with E-state index < -0.39 is 0 Å². The van der Waals surface area contributed by atoms with Crippen LogP contribution >= 0.6 is 0 Å². The molecule has 1 aromatic rings. The van der Waals surface area contributed by atoms with Gasteiger partial charge in [-0.3, -0.25) is 4.68 Å². The number of nitriles is 1. The minimum atomic E-state index is 0.287. The Hall–Kier alpha value is -1.30. The summed E-state index contributed by atoms with van der Waals surface area (Å²) >= 11 is 0. The molecule has 3 heteroatoms. The van der Waals surface area contributed by atoms with Crippen molar-refractivity contribution in [1.29, 1.82) is 5.26 Å². The van der Waals surface area contributed by atoms with E-state index in [0.29, 0.717) is 18.3 Å². The molecule has 0 aromatic carbocycles. The van der Waals surface area contributed by atoms with Gasteiger partial charge in [-0.05, 0) is 30.2 Å². The van der Waals surface area contributed by atoms with Crippen molar-refractivity contribution < 1.29 is 0 Å². The fraction of sp³-hybridized carbons (Fsp3) is 0.714. The van der Waals surface area contributed by atoms with Gasteiger partial charge in [0.2, 0.25) is 0 Å². The third-order valence-electron chi connectivity index (χ3n) is 3.87. The number of rotatable bonds is 4. The van der Waals surface area contributed by atoms with Crippen LogP contribution in [0, 0.1) is 17.2 Å². The van der Waals surface area contributed by atoms with Crippen molar-refractivity contribution in [1.82, 2.24) is 9.78 Å². The van der Waals surface area contributed by atoms with Gasteiger partial charge >= 0.3 is 0 Å². The first-order chi connectivity index (χ1) is 8.22. The molecule has 0 aliphatic heterocycles. The van der Waals surface area contributed by atoms with E-state index in [1.54, 1.807) is 0 Å². The molecule has 0 unspecified atom stereocenters. The van der Waals surface area contributed by atoms with Gasteiger partial charge in [-0.2, -0.15) is 10.4 Å². The Morgan fingerprint density at radius 3 is 2.71 bits per heavy atom. The SMILES string of the molecule is CC(C)c1cnn([C@@H](CC#N)C2CCCC2)c1. The second kappa shape index (κ2) is 5.35. The van der Waals surface area contributed by atoms with Crippen LogP contribution in [-0.4, -0.2) is 9.78 Å². The lowest BCUT2D eigenvalue weighted by Crippen LogP contribution is -2.17. The van der Waals surface area contributed by atoms with Crippen LogP contribution in [0.15, 0.2) is 12.4 Å². The van der Waals surface area contributed by atoms with Crippen LogP contribution in [0.4, 0.5) is 0 Å². The summed E-state index contributed by atoms with van der Waals surface area (Å²) in [5, 5.41) is 13.4. The van der Waals surface area contributed by atoms with E-state index in [4.69, 9.17) is 5.26 Å². The summed E-state index contributed by atoms with van der Waals surface area (Å²) in [7, 11) is 0. The van der Waals surface area contributed by atoms with Gasteiger partial charge in [0.05, 0.1) is 24.7 Å². The molecular weight excluding hydrogens is 210 g/mol. The quantitative estimate of drug-likeness (QED) is 0.793. The van der Waals surface area contributed by atoms with Crippen LogP contribution in [0.25, 0.3) is 0 Å². The molecule has 1 aliphatic rings. The highest BCUT2D eigenvalue weighted by Gasteiger charge is 2.26. The minimum absolute atomic E-state index is 0.287. The zero-order chi connectivity index (χ0) is 12.3. The Kier molecular flexibility index (Phi) is 3.83. The lowest BCUT2D eigenvalue weighted by atomic mass is 9.96. The first kappa shape index (κ1) is 12.2. The van der Waals surface area contributed by atoms with Crippen molar-refractivity contribution in [2.75, 3.05) is 0 Å². The molecule has 0 radical (unpaired) electrons. The lowest BCUT2D eigenvalue weighted by Gasteiger charge is -2.21. The third-order valence-corrected chi connectivity index (χ3v) is 3.87. The maximum Gasteiger partial charge on any atom is 0.0677 e. The molecule has 0 bridgehead atoms. The van der Waals surface area contributed by atoms with Gasteiger partial charge in [-0.15, -0.1) is 0 Å². The lowest BCUT2D eigenvalue weighted by molar-refractivity contribution is 0.314. The van der Waals surface area contributed by atoms with Gasteiger partial charge in [0, 0.05) is 6.20 Å². The number of hydrogen-bond donors (Lipinski definition) is 0. The molecule has 1 saturated carbocycles. The molecule has 1 aromatic heterocycles. The fourth-order valence-electron chi connectivity index (χ4n) is 2.74. The molecule has 0 amide bonds. The Morgan fingerprint density at radius 1 is 1.47 bits per heavy atom.